The summed E-state index contributed by atoms with van der Waals surface area (Å²) in [6, 6.07) is 9.79. The Kier molecular flexibility index (Phi) is 8.07. The second kappa shape index (κ2) is 11.3. The molecule has 0 saturated heterocycles. The smallest absolute Gasteiger partial charge is 0.335 e. The number of carboxylic acid groups (broad SMARTS) is 1. The number of carboxylic acids is 1. The summed E-state index contributed by atoms with van der Waals surface area (Å²) in [5, 5.41) is 13.3. The summed E-state index contributed by atoms with van der Waals surface area (Å²) >= 11 is 0. The lowest BCUT2D eigenvalue weighted by atomic mass is 10.0. The zero-order valence-electron chi connectivity index (χ0n) is 22.8. The van der Waals surface area contributed by atoms with Gasteiger partial charge in [-0.15, -0.1) is 0 Å². The van der Waals surface area contributed by atoms with Crippen LogP contribution in [0.1, 0.15) is 24.2 Å². The van der Waals surface area contributed by atoms with Gasteiger partial charge in [-0.1, -0.05) is 12.1 Å². The average molecular weight is 568 g/mol. The Balaban J connectivity index is 1.92. The molecule has 2 aromatic carbocycles. The van der Waals surface area contributed by atoms with Crippen LogP contribution in [-0.4, -0.2) is 73.2 Å². The number of nitrogens with one attached hydrogen (secondary N) is 1. The standard InChI is InChI=1S/C27H29N5O7S/c1-15(2)39-19-10-17(26(33)34)9-18(12-19)30-24-20-8-7-16(21-13-29-27(38-6)31-25(21)37-5)11-22(20)28-14-23(24)40(35,36)32(3)4/h7-15H,1-6H3,(H,28,30)(H,33,34). The van der Waals surface area contributed by atoms with Gasteiger partial charge in [0, 0.05) is 43.6 Å². The van der Waals surface area contributed by atoms with E-state index in [9.17, 15) is 18.3 Å². The molecule has 0 fully saturated rings. The minimum absolute atomic E-state index is 0.0232. The summed E-state index contributed by atoms with van der Waals surface area (Å²) in [6.45, 7) is 3.64. The number of hydrogen-bond donors (Lipinski definition) is 2. The van der Waals surface area contributed by atoms with Gasteiger partial charge in [-0.25, -0.2) is 22.5 Å². The maximum absolute atomic E-state index is 13.3. The van der Waals surface area contributed by atoms with Gasteiger partial charge in [0.15, 0.2) is 0 Å². The Morgan fingerprint density at radius 3 is 2.40 bits per heavy atom. The van der Waals surface area contributed by atoms with E-state index in [0.717, 1.165) is 4.31 Å². The quantitative estimate of drug-likeness (QED) is 0.284. The third kappa shape index (κ3) is 5.75. The largest absolute Gasteiger partial charge is 0.491 e. The van der Waals surface area contributed by atoms with Crippen molar-refractivity contribution in [3.63, 3.8) is 0 Å². The van der Waals surface area contributed by atoms with Crippen molar-refractivity contribution < 1.29 is 32.5 Å². The first-order chi connectivity index (χ1) is 18.9. The van der Waals surface area contributed by atoms with E-state index in [0.29, 0.717) is 39.3 Å². The van der Waals surface area contributed by atoms with Crippen molar-refractivity contribution in [1.29, 1.82) is 0 Å². The number of pyridine rings is 1. The number of hydrogen-bond acceptors (Lipinski definition) is 10. The predicted molar refractivity (Wildman–Crippen MR) is 149 cm³/mol. The normalized spacial score (nSPS) is 11.6. The molecule has 0 amide bonds. The number of methoxy groups -OCH3 is 2. The van der Waals surface area contributed by atoms with Crippen molar-refractivity contribution in [2.45, 2.75) is 24.8 Å². The Labute approximate surface area is 231 Å². The van der Waals surface area contributed by atoms with Gasteiger partial charge in [-0.05, 0) is 37.6 Å². The van der Waals surface area contributed by atoms with E-state index < -0.39 is 16.0 Å². The molecule has 0 spiro atoms. The number of carbonyl (C=O) groups is 1. The third-order valence-electron chi connectivity index (χ3n) is 5.81. The third-order valence-corrected chi connectivity index (χ3v) is 7.63. The summed E-state index contributed by atoms with van der Waals surface area (Å²) in [5.41, 5.74) is 2.24. The maximum Gasteiger partial charge on any atom is 0.335 e. The van der Waals surface area contributed by atoms with Crippen LogP contribution in [0.15, 0.2) is 53.7 Å². The SMILES string of the molecule is COc1ncc(-c2ccc3c(Nc4cc(OC(C)C)cc(C(=O)O)c4)c(S(=O)(=O)N(C)C)cnc3c2)c(OC)n1. The summed E-state index contributed by atoms with van der Waals surface area (Å²) in [6.07, 6.45) is 2.61. The second-order valence-electron chi connectivity index (χ2n) is 9.14. The lowest BCUT2D eigenvalue weighted by Gasteiger charge is -2.19. The van der Waals surface area contributed by atoms with Crippen molar-refractivity contribution in [2.24, 2.45) is 0 Å². The molecule has 0 atom stereocenters. The molecule has 4 rings (SSSR count). The number of ether oxygens (including phenoxy) is 3. The van der Waals surface area contributed by atoms with Crippen molar-refractivity contribution in [3.05, 3.63) is 54.4 Å². The van der Waals surface area contributed by atoms with E-state index in [1.54, 1.807) is 30.5 Å². The maximum atomic E-state index is 13.3. The van der Waals surface area contributed by atoms with Gasteiger partial charge >= 0.3 is 12.0 Å². The molecule has 40 heavy (non-hydrogen) atoms. The van der Waals surface area contributed by atoms with E-state index in [-0.39, 0.29) is 28.3 Å². The molecule has 0 saturated carbocycles. The molecule has 210 valence electrons. The van der Waals surface area contributed by atoms with Crippen LogP contribution in [0.5, 0.6) is 17.6 Å². The van der Waals surface area contributed by atoms with Crippen LogP contribution in [0.4, 0.5) is 11.4 Å². The molecule has 12 nitrogen and oxygen atoms in total. The van der Waals surface area contributed by atoms with Gasteiger partial charge in [-0.2, -0.15) is 4.98 Å². The van der Waals surface area contributed by atoms with Gasteiger partial charge in [-0.3, -0.25) is 4.98 Å². The molecule has 0 aliphatic heterocycles. The number of anilines is 2. The highest BCUT2D eigenvalue weighted by atomic mass is 32.2. The number of fused-ring (bicyclic) bond motifs is 1. The van der Waals surface area contributed by atoms with Gasteiger partial charge in [0.25, 0.3) is 0 Å². The van der Waals surface area contributed by atoms with Gasteiger partial charge in [0.1, 0.15) is 10.6 Å². The molecule has 2 N–H and O–H groups in total. The van der Waals surface area contributed by atoms with Crippen LogP contribution in [0.3, 0.4) is 0 Å². The lowest BCUT2D eigenvalue weighted by Crippen LogP contribution is -2.23. The Morgan fingerprint density at radius 1 is 1.02 bits per heavy atom. The van der Waals surface area contributed by atoms with E-state index in [4.69, 9.17) is 14.2 Å². The Morgan fingerprint density at radius 2 is 1.77 bits per heavy atom. The van der Waals surface area contributed by atoms with Crippen molar-refractivity contribution in [1.82, 2.24) is 19.3 Å². The van der Waals surface area contributed by atoms with Crippen molar-refractivity contribution in [3.8, 4) is 28.8 Å². The van der Waals surface area contributed by atoms with Gasteiger partial charge < -0.3 is 24.6 Å². The number of sulfonamides is 1. The highest BCUT2D eigenvalue weighted by molar-refractivity contribution is 7.89. The molecule has 4 aromatic rings. The van der Waals surface area contributed by atoms with Crippen LogP contribution < -0.4 is 19.5 Å². The number of aromatic nitrogens is 3. The zero-order chi connectivity index (χ0) is 29.2. The van der Waals surface area contributed by atoms with Crippen molar-refractivity contribution >= 4 is 38.3 Å². The van der Waals surface area contributed by atoms with E-state index in [1.807, 2.05) is 13.8 Å². The molecule has 0 aliphatic carbocycles. The summed E-state index contributed by atoms with van der Waals surface area (Å²) in [5.74, 6) is -0.542. The summed E-state index contributed by atoms with van der Waals surface area (Å²) in [4.78, 5) is 24.5. The number of aromatic carboxylic acids is 1. The lowest BCUT2D eigenvalue weighted by molar-refractivity contribution is 0.0696. The molecular weight excluding hydrogens is 538 g/mol. The molecule has 0 aliphatic rings. The molecule has 2 heterocycles. The highest BCUT2D eigenvalue weighted by Gasteiger charge is 2.25. The molecule has 0 radical (unpaired) electrons. The zero-order valence-corrected chi connectivity index (χ0v) is 23.6. The monoisotopic (exact) mass is 567 g/mol. The van der Waals surface area contributed by atoms with Crippen LogP contribution in [-0.2, 0) is 10.0 Å². The fourth-order valence-corrected chi connectivity index (χ4v) is 4.94. The van der Waals surface area contributed by atoms with E-state index >= 15 is 0 Å². The molecule has 0 bridgehead atoms. The van der Waals surface area contributed by atoms with E-state index in [1.165, 1.54) is 46.6 Å². The summed E-state index contributed by atoms with van der Waals surface area (Å²) < 4.78 is 43.9. The molecular formula is C27H29N5O7S. The minimum atomic E-state index is -3.95. The van der Waals surface area contributed by atoms with E-state index in [2.05, 4.69) is 20.3 Å². The van der Waals surface area contributed by atoms with Crippen molar-refractivity contribution in [2.75, 3.05) is 33.6 Å². The van der Waals surface area contributed by atoms with Crippen LogP contribution >= 0.6 is 0 Å². The predicted octanol–water partition coefficient (Wildman–Crippen LogP) is 4.19. The van der Waals surface area contributed by atoms with Crippen LogP contribution in [0, 0.1) is 0 Å². The number of benzene rings is 2. The van der Waals surface area contributed by atoms with Gasteiger partial charge in [0.05, 0.1) is 42.7 Å². The minimum Gasteiger partial charge on any atom is -0.491 e. The first kappa shape index (κ1) is 28.5. The highest BCUT2D eigenvalue weighted by Crippen LogP contribution is 2.37. The first-order valence-corrected chi connectivity index (χ1v) is 13.5. The molecule has 2 aromatic heterocycles. The second-order valence-corrected chi connectivity index (χ2v) is 11.3. The van der Waals surface area contributed by atoms with Gasteiger partial charge in [0.2, 0.25) is 15.9 Å². The fourth-order valence-electron chi connectivity index (χ4n) is 3.95. The first-order valence-electron chi connectivity index (χ1n) is 12.1. The van der Waals surface area contributed by atoms with Crippen LogP contribution in [0.25, 0.3) is 22.0 Å². The number of nitrogens with zero attached hydrogens (tertiary/aromatic N) is 4. The fraction of sp³-hybridized carbons (Fsp3) is 0.259. The number of rotatable bonds is 10. The Hall–Kier alpha value is -4.49. The molecule has 0 unspecified atom stereocenters. The van der Waals surface area contributed by atoms with Crippen LogP contribution in [0.2, 0.25) is 0 Å². The summed E-state index contributed by atoms with van der Waals surface area (Å²) in [7, 11) is 1.82. The topological polar surface area (TPSA) is 153 Å². The molecule has 13 heteroatoms. The Bertz CT molecular complexity index is 1690. The average Bonchev–Trinajstić information content (AvgIpc) is 2.91.